The summed E-state index contributed by atoms with van der Waals surface area (Å²) in [6, 6.07) is 11.1. The third-order valence-electron chi connectivity index (χ3n) is 6.76. The molecule has 4 heterocycles. The maximum atomic E-state index is 12.9. The third-order valence-corrected chi connectivity index (χ3v) is 6.76. The van der Waals surface area contributed by atoms with E-state index < -0.39 is 0 Å². The highest BCUT2D eigenvalue weighted by molar-refractivity contribution is 5.89. The van der Waals surface area contributed by atoms with Crippen molar-refractivity contribution in [3.8, 4) is 0 Å². The summed E-state index contributed by atoms with van der Waals surface area (Å²) in [5.74, 6) is 0.00526. The Morgan fingerprint density at radius 1 is 1.19 bits per heavy atom. The number of amides is 1. The molecule has 4 aliphatic rings. The number of likely N-dealkylation sites (tertiary alicyclic amines) is 1. The molecule has 0 bridgehead atoms. The molecule has 0 aromatic heterocycles. The summed E-state index contributed by atoms with van der Waals surface area (Å²) in [5.41, 5.74) is 5.49. The molecule has 0 spiro atoms. The molecule has 4 atom stereocenters. The van der Waals surface area contributed by atoms with Crippen LogP contribution in [-0.4, -0.2) is 71.8 Å². The van der Waals surface area contributed by atoms with Gasteiger partial charge in [0.25, 0.3) is 5.91 Å². The number of carbonyl (C=O) groups excluding carboxylic acids is 1. The standard InChI is InChI=1S/C23H31N7O/c1-28-22(17-7-3-2-4-8-17)27-30-21(31)14-19(26-23(28)30)15-29-12-6-5-9-20(29)13-18-10-11-24-16-25-18/h2-4,7-8,11,14,16,18,20,22-23,26-27H,5-6,9-10,12-13,15H2,1H3. The van der Waals surface area contributed by atoms with E-state index in [1.54, 1.807) is 17.4 Å². The van der Waals surface area contributed by atoms with Gasteiger partial charge in [-0.05, 0) is 38.4 Å². The van der Waals surface area contributed by atoms with Crippen LogP contribution in [0.5, 0.6) is 0 Å². The van der Waals surface area contributed by atoms with Crippen LogP contribution in [0, 0.1) is 0 Å². The lowest BCUT2D eigenvalue weighted by Gasteiger charge is -2.39. The number of piperidine rings is 1. The number of hydrogen-bond acceptors (Lipinski definition) is 7. The highest BCUT2D eigenvalue weighted by atomic mass is 16.2. The zero-order valence-corrected chi connectivity index (χ0v) is 18.0. The molecule has 1 amide bonds. The van der Waals surface area contributed by atoms with Crippen LogP contribution in [0.15, 0.2) is 52.1 Å². The number of hydrazine groups is 1. The molecular weight excluding hydrogens is 390 g/mol. The van der Waals surface area contributed by atoms with Gasteiger partial charge in [0.2, 0.25) is 0 Å². The van der Waals surface area contributed by atoms with Crippen LogP contribution in [0.25, 0.3) is 0 Å². The van der Waals surface area contributed by atoms with E-state index in [0.29, 0.717) is 12.1 Å². The maximum absolute atomic E-state index is 12.9. The van der Waals surface area contributed by atoms with Crippen molar-refractivity contribution < 1.29 is 4.79 Å². The molecule has 8 nitrogen and oxygen atoms in total. The zero-order chi connectivity index (χ0) is 21.2. The average Bonchev–Trinajstić information content (AvgIpc) is 3.13. The van der Waals surface area contributed by atoms with Gasteiger partial charge in [-0.25, -0.2) is 20.3 Å². The molecule has 4 aliphatic heterocycles. The van der Waals surface area contributed by atoms with Crippen LogP contribution < -0.4 is 10.7 Å². The summed E-state index contributed by atoms with van der Waals surface area (Å²) < 4.78 is 0. The van der Waals surface area contributed by atoms with Crippen molar-refractivity contribution >= 4 is 18.5 Å². The van der Waals surface area contributed by atoms with Crippen LogP contribution in [0.4, 0.5) is 0 Å². The van der Waals surface area contributed by atoms with Gasteiger partial charge in [0.1, 0.15) is 12.5 Å². The lowest BCUT2D eigenvalue weighted by atomic mass is 9.94. The van der Waals surface area contributed by atoms with Crippen molar-refractivity contribution in [1.82, 2.24) is 25.6 Å². The Morgan fingerprint density at radius 2 is 2.06 bits per heavy atom. The van der Waals surface area contributed by atoms with Crippen molar-refractivity contribution in [2.45, 2.75) is 56.6 Å². The summed E-state index contributed by atoms with van der Waals surface area (Å²) in [5, 5.41) is 5.30. The Labute approximate surface area is 183 Å². The zero-order valence-electron chi connectivity index (χ0n) is 18.0. The Kier molecular flexibility index (Phi) is 5.85. The first-order valence-corrected chi connectivity index (χ1v) is 11.3. The first kappa shape index (κ1) is 20.4. The number of nitrogens with zero attached hydrogens (tertiary/aromatic N) is 5. The Bertz CT molecular complexity index is 883. The predicted molar refractivity (Wildman–Crippen MR) is 121 cm³/mol. The number of benzene rings is 1. The summed E-state index contributed by atoms with van der Waals surface area (Å²) in [6.45, 7) is 1.84. The Hall–Kier alpha value is -2.55. The molecule has 0 saturated carbocycles. The molecule has 4 unspecified atom stereocenters. The number of carbonyl (C=O) groups is 1. The summed E-state index contributed by atoms with van der Waals surface area (Å²) >= 11 is 0. The van der Waals surface area contributed by atoms with Gasteiger partial charge < -0.3 is 5.32 Å². The molecule has 5 rings (SSSR count). The SMILES string of the molecule is CN1C(c2ccccc2)NN2C(=O)C=C(CN3CCCCC3CC3CC=NC=N3)NC21. The largest absolute Gasteiger partial charge is 0.354 e. The average molecular weight is 422 g/mol. The highest BCUT2D eigenvalue weighted by Crippen LogP contribution is 2.29. The molecular formula is C23H31N7O. The molecule has 1 aromatic rings. The highest BCUT2D eigenvalue weighted by Gasteiger charge is 2.42. The van der Waals surface area contributed by atoms with E-state index in [0.717, 1.165) is 37.2 Å². The smallest absolute Gasteiger partial charge is 0.265 e. The minimum atomic E-state index is -0.194. The van der Waals surface area contributed by atoms with Gasteiger partial charge in [-0.3, -0.25) is 14.7 Å². The second kappa shape index (κ2) is 8.90. The number of hydrogen-bond donors (Lipinski definition) is 2. The van der Waals surface area contributed by atoms with Crippen molar-refractivity contribution in [3.05, 3.63) is 47.7 Å². The topological polar surface area (TPSA) is 75.6 Å². The van der Waals surface area contributed by atoms with Gasteiger partial charge in [-0.2, -0.15) is 0 Å². The van der Waals surface area contributed by atoms with Crippen molar-refractivity contribution in [2.24, 2.45) is 9.98 Å². The molecule has 2 saturated heterocycles. The van der Waals surface area contributed by atoms with Crippen LogP contribution >= 0.6 is 0 Å². The van der Waals surface area contributed by atoms with Gasteiger partial charge in [0, 0.05) is 37.0 Å². The lowest BCUT2D eigenvalue weighted by Crippen LogP contribution is -2.56. The maximum Gasteiger partial charge on any atom is 0.265 e. The van der Waals surface area contributed by atoms with E-state index in [1.165, 1.54) is 19.3 Å². The lowest BCUT2D eigenvalue weighted by molar-refractivity contribution is -0.132. The number of fused-ring (bicyclic) bond motifs is 1. The molecule has 1 aromatic carbocycles. The molecule has 0 radical (unpaired) electrons. The molecule has 0 aliphatic carbocycles. The molecule has 164 valence electrons. The van der Waals surface area contributed by atoms with Crippen LogP contribution in [0.3, 0.4) is 0 Å². The fourth-order valence-electron chi connectivity index (χ4n) is 5.08. The van der Waals surface area contributed by atoms with Crippen LogP contribution in [0.2, 0.25) is 0 Å². The van der Waals surface area contributed by atoms with Gasteiger partial charge in [-0.15, -0.1) is 0 Å². The van der Waals surface area contributed by atoms with E-state index in [2.05, 4.69) is 42.7 Å². The first-order chi connectivity index (χ1) is 15.2. The summed E-state index contributed by atoms with van der Waals surface area (Å²) in [7, 11) is 2.05. The Balaban J connectivity index is 1.26. The minimum absolute atomic E-state index is 0.00526. The van der Waals surface area contributed by atoms with Crippen LogP contribution in [-0.2, 0) is 4.79 Å². The quantitative estimate of drug-likeness (QED) is 0.759. The minimum Gasteiger partial charge on any atom is -0.354 e. The van der Waals surface area contributed by atoms with Crippen LogP contribution in [0.1, 0.15) is 43.8 Å². The van der Waals surface area contributed by atoms with E-state index in [-0.39, 0.29) is 18.4 Å². The molecule has 31 heavy (non-hydrogen) atoms. The first-order valence-electron chi connectivity index (χ1n) is 11.3. The fourth-order valence-corrected chi connectivity index (χ4v) is 5.08. The molecule has 2 N–H and O–H groups in total. The second-order valence-electron chi connectivity index (χ2n) is 8.85. The second-order valence-corrected chi connectivity index (χ2v) is 8.85. The monoisotopic (exact) mass is 421 g/mol. The van der Waals surface area contributed by atoms with Gasteiger partial charge in [0.05, 0.1) is 6.04 Å². The number of rotatable bonds is 5. The Morgan fingerprint density at radius 3 is 2.87 bits per heavy atom. The van der Waals surface area contributed by atoms with Crippen molar-refractivity contribution in [3.63, 3.8) is 0 Å². The van der Waals surface area contributed by atoms with E-state index >= 15 is 0 Å². The van der Waals surface area contributed by atoms with E-state index in [1.807, 2.05) is 31.5 Å². The third kappa shape index (κ3) is 4.28. The van der Waals surface area contributed by atoms with Crippen molar-refractivity contribution in [1.29, 1.82) is 0 Å². The van der Waals surface area contributed by atoms with Crippen molar-refractivity contribution in [2.75, 3.05) is 20.1 Å². The van der Waals surface area contributed by atoms with Gasteiger partial charge in [0.15, 0.2) is 6.29 Å². The summed E-state index contributed by atoms with van der Waals surface area (Å²) in [6.07, 6.45) is 10.8. The predicted octanol–water partition coefficient (Wildman–Crippen LogP) is 1.85. The number of nitrogens with one attached hydrogen (secondary N) is 2. The summed E-state index contributed by atoms with van der Waals surface area (Å²) in [4.78, 5) is 26.3. The van der Waals surface area contributed by atoms with E-state index in [9.17, 15) is 4.79 Å². The van der Waals surface area contributed by atoms with Gasteiger partial charge >= 0.3 is 0 Å². The van der Waals surface area contributed by atoms with Gasteiger partial charge in [-0.1, -0.05) is 36.8 Å². The normalized spacial score (nSPS) is 31.5. The fraction of sp³-hybridized carbons (Fsp3) is 0.522. The van der Waals surface area contributed by atoms with E-state index in [4.69, 9.17) is 0 Å². The number of aliphatic imine (C=N–C) groups is 2. The molecule has 8 heteroatoms. The molecule has 2 fully saturated rings.